The first kappa shape index (κ1) is 27.7. The number of nitrogens with one attached hydrogen (secondary N) is 2. The van der Waals surface area contributed by atoms with Crippen molar-refractivity contribution in [3.63, 3.8) is 0 Å². The summed E-state index contributed by atoms with van der Waals surface area (Å²) in [5.74, 6) is 0.446. The van der Waals surface area contributed by atoms with Crippen molar-refractivity contribution in [3.8, 4) is 17.2 Å². The fourth-order valence-electron chi connectivity index (χ4n) is 4.95. The van der Waals surface area contributed by atoms with Gasteiger partial charge in [0.2, 0.25) is 11.8 Å². The average Bonchev–Trinajstić information content (AvgIpc) is 3.71. The quantitative estimate of drug-likeness (QED) is 0.302. The van der Waals surface area contributed by atoms with Crippen molar-refractivity contribution in [1.82, 2.24) is 25.0 Å². The lowest BCUT2D eigenvalue weighted by molar-refractivity contribution is -0.131. The van der Waals surface area contributed by atoms with Crippen molar-refractivity contribution in [3.05, 3.63) is 102 Å². The molecule has 41 heavy (non-hydrogen) atoms. The maximum Gasteiger partial charge on any atom is 0.247 e. The maximum atomic E-state index is 13.4. The second kappa shape index (κ2) is 13.0. The number of nitriles is 1. The summed E-state index contributed by atoms with van der Waals surface area (Å²) in [7, 11) is 0. The molecular weight excluding hydrogens is 514 g/mol. The molecule has 3 heterocycles. The third kappa shape index (κ3) is 7.04. The molecule has 1 aliphatic heterocycles. The SMILES string of the molecule is C[C@@H](CN[C@@H](C(=O)Nc1ccc(-c2cnn(CC(=O)N3CCCC3)c2)cn1)c1ccccc1)c1ccc(C#N)cc1. The standard InChI is InChI=1S/C32H33N7O2/c1-23(25-11-9-24(17-33)10-12-25)18-35-31(26-7-3-2-4-8-26)32(41)37-29-14-13-27(19-34-29)28-20-36-39(21-28)22-30(40)38-15-5-6-16-38/h2-4,7-14,19-21,23,31,35H,5-6,15-16,18,22H2,1H3,(H,34,37,41)/t23-,31+/m0/s1. The topological polar surface area (TPSA) is 116 Å². The molecule has 9 nitrogen and oxygen atoms in total. The number of hydrogen-bond acceptors (Lipinski definition) is 6. The Bertz CT molecular complexity index is 1500. The van der Waals surface area contributed by atoms with Crippen LogP contribution in [0.25, 0.3) is 11.1 Å². The van der Waals surface area contributed by atoms with Gasteiger partial charge in [0.05, 0.1) is 17.8 Å². The highest BCUT2D eigenvalue weighted by Gasteiger charge is 2.22. The predicted molar refractivity (Wildman–Crippen MR) is 157 cm³/mol. The number of nitrogens with zero attached hydrogens (tertiary/aromatic N) is 5. The molecule has 0 aliphatic carbocycles. The van der Waals surface area contributed by atoms with Crippen LogP contribution in [0.5, 0.6) is 0 Å². The van der Waals surface area contributed by atoms with Gasteiger partial charge in [-0.2, -0.15) is 10.4 Å². The highest BCUT2D eigenvalue weighted by molar-refractivity contribution is 5.95. The molecule has 1 fully saturated rings. The molecule has 2 aromatic heterocycles. The summed E-state index contributed by atoms with van der Waals surface area (Å²) in [5, 5.41) is 19.8. The van der Waals surface area contributed by atoms with E-state index < -0.39 is 6.04 Å². The first-order valence-corrected chi connectivity index (χ1v) is 13.9. The van der Waals surface area contributed by atoms with E-state index in [1.807, 2.05) is 71.8 Å². The van der Waals surface area contributed by atoms with E-state index in [9.17, 15) is 9.59 Å². The van der Waals surface area contributed by atoms with Gasteiger partial charge < -0.3 is 15.5 Å². The van der Waals surface area contributed by atoms with Crippen molar-refractivity contribution in [2.45, 2.75) is 38.3 Å². The van der Waals surface area contributed by atoms with E-state index in [0.717, 1.165) is 48.2 Å². The van der Waals surface area contributed by atoms with Crippen LogP contribution in [-0.2, 0) is 16.1 Å². The molecule has 4 aromatic rings. The second-order valence-corrected chi connectivity index (χ2v) is 10.3. The van der Waals surface area contributed by atoms with E-state index in [0.29, 0.717) is 17.9 Å². The number of hydrogen-bond donors (Lipinski definition) is 2. The van der Waals surface area contributed by atoms with Crippen LogP contribution < -0.4 is 10.6 Å². The zero-order valence-electron chi connectivity index (χ0n) is 23.0. The number of pyridine rings is 1. The summed E-state index contributed by atoms with van der Waals surface area (Å²) in [6.45, 7) is 4.51. The fourth-order valence-corrected chi connectivity index (χ4v) is 4.95. The van der Waals surface area contributed by atoms with Crippen molar-refractivity contribution in [1.29, 1.82) is 5.26 Å². The van der Waals surface area contributed by atoms with Gasteiger partial charge >= 0.3 is 0 Å². The van der Waals surface area contributed by atoms with E-state index in [1.165, 1.54) is 0 Å². The largest absolute Gasteiger partial charge is 0.341 e. The van der Waals surface area contributed by atoms with E-state index in [-0.39, 0.29) is 24.3 Å². The number of benzene rings is 2. The Morgan fingerprint density at radius 1 is 0.951 bits per heavy atom. The molecule has 0 unspecified atom stereocenters. The summed E-state index contributed by atoms with van der Waals surface area (Å²) in [6.07, 6.45) is 7.37. The summed E-state index contributed by atoms with van der Waals surface area (Å²) >= 11 is 0. The molecule has 1 aliphatic rings. The normalized spacial score (nSPS) is 14.3. The Morgan fingerprint density at radius 2 is 1.71 bits per heavy atom. The first-order chi connectivity index (χ1) is 20.0. The first-order valence-electron chi connectivity index (χ1n) is 13.9. The zero-order valence-corrected chi connectivity index (χ0v) is 23.0. The van der Waals surface area contributed by atoms with Crippen LogP contribution in [0.1, 0.15) is 48.4 Å². The molecule has 5 rings (SSSR count). The number of rotatable bonds is 10. The Kier molecular flexibility index (Phi) is 8.82. The average molecular weight is 548 g/mol. The van der Waals surface area contributed by atoms with E-state index in [2.05, 4.69) is 33.7 Å². The van der Waals surface area contributed by atoms with Crippen LogP contribution in [-0.4, -0.2) is 51.1 Å². The lowest BCUT2D eigenvalue weighted by Gasteiger charge is -2.21. The van der Waals surface area contributed by atoms with Gasteiger partial charge in [0.15, 0.2) is 0 Å². The van der Waals surface area contributed by atoms with Gasteiger partial charge in [-0.25, -0.2) is 4.98 Å². The number of anilines is 1. The predicted octanol–water partition coefficient (Wildman–Crippen LogP) is 4.51. The van der Waals surface area contributed by atoms with Crippen LogP contribution in [0.15, 0.2) is 85.3 Å². The maximum absolute atomic E-state index is 13.4. The molecular formula is C32H33N7O2. The molecule has 208 valence electrons. The second-order valence-electron chi connectivity index (χ2n) is 10.3. The van der Waals surface area contributed by atoms with Gasteiger partial charge in [0, 0.05) is 43.2 Å². The van der Waals surface area contributed by atoms with Crippen LogP contribution in [0.3, 0.4) is 0 Å². The number of carbonyl (C=O) groups is 2. The smallest absolute Gasteiger partial charge is 0.247 e. The lowest BCUT2D eigenvalue weighted by atomic mass is 9.98. The van der Waals surface area contributed by atoms with E-state index in [1.54, 1.807) is 23.1 Å². The molecule has 2 atom stereocenters. The minimum Gasteiger partial charge on any atom is -0.341 e. The zero-order chi connectivity index (χ0) is 28.6. The molecule has 0 radical (unpaired) electrons. The Morgan fingerprint density at radius 3 is 2.39 bits per heavy atom. The van der Waals surface area contributed by atoms with Crippen LogP contribution in [0.4, 0.5) is 5.82 Å². The molecule has 0 saturated carbocycles. The number of likely N-dealkylation sites (tertiary alicyclic amines) is 1. The minimum absolute atomic E-state index is 0.0845. The van der Waals surface area contributed by atoms with Crippen molar-refractivity contribution in [2.24, 2.45) is 0 Å². The Balaban J connectivity index is 1.22. The van der Waals surface area contributed by atoms with Gasteiger partial charge in [0.25, 0.3) is 0 Å². The molecule has 0 spiro atoms. The summed E-state index contributed by atoms with van der Waals surface area (Å²) < 4.78 is 1.65. The number of amides is 2. The summed E-state index contributed by atoms with van der Waals surface area (Å²) in [5.41, 5.74) is 4.26. The summed E-state index contributed by atoms with van der Waals surface area (Å²) in [6, 6.07) is 22.3. The van der Waals surface area contributed by atoms with E-state index in [4.69, 9.17) is 5.26 Å². The van der Waals surface area contributed by atoms with Gasteiger partial charge in [-0.1, -0.05) is 49.4 Å². The van der Waals surface area contributed by atoms with Gasteiger partial charge in [-0.3, -0.25) is 14.3 Å². The van der Waals surface area contributed by atoms with Crippen molar-refractivity contribution >= 4 is 17.6 Å². The van der Waals surface area contributed by atoms with Gasteiger partial charge in [-0.05, 0) is 54.2 Å². The Labute approximate surface area is 239 Å². The molecule has 9 heteroatoms. The third-order valence-corrected chi connectivity index (χ3v) is 7.37. The number of carbonyl (C=O) groups excluding carboxylic acids is 2. The Hall–Kier alpha value is -4.81. The van der Waals surface area contributed by atoms with Crippen molar-refractivity contribution in [2.75, 3.05) is 25.0 Å². The molecule has 2 aromatic carbocycles. The molecule has 0 bridgehead atoms. The highest BCUT2D eigenvalue weighted by atomic mass is 16.2. The van der Waals surface area contributed by atoms with Gasteiger partial charge in [0.1, 0.15) is 18.4 Å². The van der Waals surface area contributed by atoms with E-state index >= 15 is 0 Å². The highest BCUT2D eigenvalue weighted by Crippen LogP contribution is 2.22. The van der Waals surface area contributed by atoms with Crippen LogP contribution >= 0.6 is 0 Å². The van der Waals surface area contributed by atoms with Crippen LogP contribution in [0, 0.1) is 11.3 Å². The van der Waals surface area contributed by atoms with Crippen LogP contribution in [0.2, 0.25) is 0 Å². The van der Waals surface area contributed by atoms with Gasteiger partial charge in [-0.15, -0.1) is 0 Å². The third-order valence-electron chi connectivity index (χ3n) is 7.37. The van der Waals surface area contributed by atoms with Crippen molar-refractivity contribution < 1.29 is 9.59 Å². The molecule has 2 N–H and O–H groups in total. The lowest BCUT2D eigenvalue weighted by Crippen LogP contribution is -2.35. The minimum atomic E-state index is -0.579. The molecule has 2 amide bonds. The summed E-state index contributed by atoms with van der Waals surface area (Å²) in [4.78, 5) is 32.2. The fraction of sp³-hybridized carbons (Fsp3) is 0.281. The monoisotopic (exact) mass is 547 g/mol. The molecule has 1 saturated heterocycles. The number of aromatic nitrogens is 3.